The molecular weight excluding hydrogens is 164 g/mol. The van der Waals surface area contributed by atoms with Crippen LogP contribution < -0.4 is 0 Å². The Kier molecular flexibility index (Phi) is 5.63. The summed E-state index contributed by atoms with van der Waals surface area (Å²) >= 11 is 0. The van der Waals surface area contributed by atoms with Gasteiger partial charge in [0, 0.05) is 6.42 Å². The first-order valence-electron chi connectivity index (χ1n) is 5.00. The summed E-state index contributed by atoms with van der Waals surface area (Å²) in [6.45, 7) is 7.36. The van der Waals surface area contributed by atoms with E-state index in [1.165, 1.54) is 6.08 Å². The second-order valence-corrected chi connectivity index (χ2v) is 3.36. The Morgan fingerprint density at radius 3 is 2.46 bits per heavy atom. The summed E-state index contributed by atoms with van der Waals surface area (Å²) < 4.78 is 0. The number of unbranched alkanes of at least 4 members (excludes halogenated alkanes) is 2. The van der Waals surface area contributed by atoms with Crippen molar-refractivity contribution in [2.75, 3.05) is 0 Å². The van der Waals surface area contributed by atoms with Crippen LogP contribution in [0.2, 0.25) is 0 Å². The molecule has 13 heavy (non-hydrogen) atoms. The van der Waals surface area contributed by atoms with Gasteiger partial charge in [0.1, 0.15) is 5.60 Å². The standard InChI is InChI=1S/C11H20O2/c1-4-7-8-9-10(12)11(13,5-2)6-3/h5,13H,2,4,6-9H2,1,3H3. The summed E-state index contributed by atoms with van der Waals surface area (Å²) in [7, 11) is 0. The fourth-order valence-corrected chi connectivity index (χ4v) is 1.21. The lowest BCUT2D eigenvalue weighted by Gasteiger charge is -2.20. The van der Waals surface area contributed by atoms with E-state index in [-0.39, 0.29) is 5.78 Å². The van der Waals surface area contributed by atoms with E-state index in [0.29, 0.717) is 12.8 Å². The molecule has 0 aliphatic heterocycles. The Hall–Kier alpha value is -0.630. The molecule has 0 saturated heterocycles. The fourth-order valence-electron chi connectivity index (χ4n) is 1.21. The van der Waals surface area contributed by atoms with Gasteiger partial charge in [-0.25, -0.2) is 0 Å². The summed E-state index contributed by atoms with van der Waals surface area (Å²) in [6, 6.07) is 0. The summed E-state index contributed by atoms with van der Waals surface area (Å²) in [5.74, 6) is -0.0987. The third-order valence-corrected chi connectivity index (χ3v) is 2.37. The summed E-state index contributed by atoms with van der Waals surface area (Å²) in [5, 5.41) is 9.73. The first kappa shape index (κ1) is 12.4. The average molecular weight is 184 g/mol. The highest BCUT2D eigenvalue weighted by atomic mass is 16.3. The smallest absolute Gasteiger partial charge is 0.168 e. The minimum absolute atomic E-state index is 0.0987. The molecule has 1 N–H and O–H groups in total. The van der Waals surface area contributed by atoms with Crippen LogP contribution in [0.15, 0.2) is 12.7 Å². The molecule has 0 fully saturated rings. The van der Waals surface area contributed by atoms with Gasteiger partial charge < -0.3 is 5.11 Å². The van der Waals surface area contributed by atoms with Crippen LogP contribution in [-0.4, -0.2) is 16.5 Å². The van der Waals surface area contributed by atoms with Crippen molar-refractivity contribution in [3.8, 4) is 0 Å². The first-order valence-corrected chi connectivity index (χ1v) is 5.00. The van der Waals surface area contributed by atoms with Crippen LogP contribution in [0.1, 0.15) is 46.0 Å². The van der Waals surface area contributed by atoms with Gasteiger partial charge in [0.05, 0.1) is 0 Å². The van der Waals surface area contributed by atoms with Gasteiger partial charge in [-0.15, -0.1) is 0 Å². The minimum Gasteiger partial charge on any atom is -0.378 e. The predicted molar refractivity (Wildman–Crippen MR) is 54.6 cm³/mol. The first-order chi connectivity index (χ1) is 6.10. The van der Waals surface area contributed by atoms with E-state index in [1.54, 1.807) is 6.92 Å². The lowest BCUT2D eigenvalue weighted by atomic mass is 9.92. The average Bonchev–Trinajstić information content (AvgIpc) is 2.17. The van der Waals surface area contributed by atoms with Gasteiger partial charge in [-0.1, -0.05) is 39.3 Å². The monoisotopic (exact) mass is 184 g/mol. The van der Waals surface area contributed by atoms with E-state index in [9.17, 15) is 9.90 Å². The molecule has 0 aliphatic carbocycles. The second-order valence-electron chi connectivity index (χ2n) is 3.36. The summed E-state index contributed by atoms with van der Waals surface area (Å²) in [5.41, 5.74) is -1.28. The van der Waals surface area contributed by atoms with Crippen molar-refractivity contribution in [3.05, 3.63) is 12.7 Å². The van der Waals surface area contributed by atoms with Gasteiger partial charge >= 0.3 is 0 Å². The molecule has 1 atom stereocenters. The Bertz CT molecular complexity index is 175. The van der Waals surface area contributed by atoms with Gasteiger partial charge in [-0.2, -0.15) is 0 Å². The van der Waals surface area contributed by atoms with E-state index < -0.39 is 5.60 Å². The van der Waals surface area contributed by atoms with E-state index in [4.69, 9.17) is 0 Å². The zero-order chi connectivity index (χ0) is 10.3. The molecule has 2 heteroatoms. The number of hydrogen-bond donors (Lipinski definition) is 1. The van der Waals surface area contributed by atoms with Crippen molar-refractivity contribution in [1.29, 1.82) is 0 Å². The molecule has 0 aromatic heterocycles. The molecule has 0 aromatic carbocycles. The molecule has 0 heterocycles. The van der Waals surface area contributed by atoms with Crippen LogP contribution in [0.5, 0.6) is 0 Å². The Balaban J connectivity index is 4.00. The molecule has 2 nitrogen and oxygen atoms in total. The van der Waals surface area contributed by atoms with Crippen LogP contribution >= 0.6 is 0 Å². The molecule has 0 spiro atoms. The molecule has 0 bridgehead atoms. The largest absolute Gasteiger partial charge is 0.378 e. The lowest BCUT2D eigenvalue weighted by Crippen LogP contribution is -2.35. The van der Waals surface area contributed by atoms with Gasteiger partial charge in [0.15, 0.2) is 5.78 Å². The minimum atomic E-state index is -1.28. The van der Waals surface area contributed by atoms with Crippen molar-refractivity contribution in [2.24, 2.45) is 0 Å². The Morgan fingerprint density at radius 1 is 1.46 bits per heavy atom. The number of hydrogen-bond acceptors (Lipinski definition) is 2. The molecule has 0 radical (unpaired) electrons. The van der Waals surface area contributed by atoms with Crippen molar-refractivity contribution in [1.82, 2.24) is 0 Å². The Labute approximate surface area is 80.7 Å². The molecule has 0 aliphatic rings. The lowest BCUT2D eigenvalue weighted by molar-refractivity contribution is -0.133. The molecule has 0 saturated carbocycles. The fraction of sp³-hybridized carbons (Fsp3) is 0.727. The number of aliphatic hydroxyl groups is 1. The van der Waals surface area contributed by atoms with E-state index in [1.807, 2.05) is 0 Å². The van der Waals surface area contributed by atoms with Crippen LogP contribution in [-0.2, 0) is 4.79 Å². The molecule has 76 valence electrons. The van der Waals surface area contributed by atoms with E-state index in [0.717, 1.165) is 19.3 Å². The number of ketones is 1. The van der Waals surface area contributed by atoms with Crippen molar-refractivity contribution >= 4 is 5.78 Å². The highest BCUT2D eigenvalue weighted by Gasteiger charge is 2.28. The number of carbonyl (C=O) groups excluding carboxylic acids is 1. The molecule has 0 amide bonds. The van der Waals surface area contributed by atoms with Crippen molar-refractivity contribution < 1.29 is 9.90 Å². The topological polar surface area (TPSA) is 37.3 Å². The van der Waals surface area contributed by atoms with E-state index >= 15 is 0 Å². The molecule has 1 unspecified atom stereocenters. The maximum Gasteiger partial charge on any atom is 0.168 e. The third kappa shape index (κ3) is 3.73. The maximum absolute atomic E-state index is 11.5. The maximum atomic E-state index is 11.5. The van der Waals surface area contributed by atoms with Gasteiger partial charge in [-0.3, -0.25) is 4.79 Å². The van der Waals surface area contributed by atoms with Crippen molar-refractivity contribution in [3.63, 3.8) is 0 Å². The SMILES string of the molecule is C=CC(O)(CC)C(=O)CCCCC. The molecule has 0 aromatic rings. The normalized spacial score (nSPS) is 15.0. The third-order valence-electron chi connectivity index (χ3n) is 2.37. The van der Waals surface area contributed by atoms with Crippen LogP contribution in [0.25, 0.3) is 0 Å². The molecule has 0 rings (SSSR count). The Morgan fingerprint density at radius 2 is 2.08 bits per heavy atom. The van der Waals surface area contributed by atoms with Crippen molar-refractivity contribution in [2.45, 2.75) is 51.6 Å². The zero-order valence-electron chi connectivity index (χ0n) is 8.68. The number of rotatable bonds is 7. The van der Waals surface area contributed by atoms with Crippen LogP contribution in [0, 0.1) is 0 Å². The second kappa shape index (κ2) is 5.92. The predicted octanol–water partition coefficient (Wildman–Crippen LogP) is 2.46. The molecular formula is C11H20O2. The van der Waals surface area contributed by atoms with Gasteiger partial charge in [0.25, 0.3) is 0 Å². The van der Waals surface area contributed by atoms with Gasteiger partial charge in [0.2, 0.25) is 0 Å². The van der Waals surface area contributed by atoms with Crippen LogP contribution in [0.4, 0.5) is 0 Å². The number of carbonyl (C=O) groups is 1. The number of Topliss-reactive ketones (excluding diaryl/α,β-unsaturated/α-hetero) is 1. The summed E-state index contributed by atoms with van der Waals surface area (Å²) in [6.07, 6.45) is 5.23. The van der Waals surface area contributed by atoms with E-state index in [2.05, 4.69) is 13.5 Å². The summed E-state index contributed by atoms with van der Waals surface area (Å²) in [4.78, 5) is 11.5. The quantitative estimate of drug-likeness (QED) is 0.487. The highest BCUT2D eigenvalue weighted by Crippen LogP contribution is 2.16. The highest BCUT2D eigenvalue weighted by molar-refractivity contribution is 5.88. The van der Waals surface area contributed by atoms with Gasteiger partial charge in [-0.05, 0) is 12.8 Å². The zero-order valence-corrected chi connectivity index (χ0v) is 8.68. The van der Waals surface area contributed by atoms with Crippen LogP contribution in [0.3, 0.4) is 0 Å².